The second-order valence-electron chi connectivity index (χ2n) is 22.3. The average molecular weight is 797 g/mol. The molecule has 0 N–H and O–H groups in total. The number of hydrogen-bond donors (Lipinski definition) is 0. The molecule has 0 aliphatic heterocycles. The Hall–Kier alpha value is -6.51. The van der Waals surface area contributed by atoms with E-state index in [-0.39, 0.29) is 40.0 Å². The molecule has 6 aromatic rings. The van der Waals surface area contributed by atoms with Crippen LogP contribution in [0.5, 0.6) is 0 Å². The predicted molar refractivity (Wildman–Crippen MR) is 246 cm³/mol. The number of carbonyl (C=O) groups is 1. The van der Waals surface area contributed by atoms with Gasteiger partial charge in [0.05, 0.1) is 7.11 Å². The highest BCUT2D eigenvalue weighted by molar-refractivity contribution is 6.46. The van der Waals surface area contributed by atoms with Crippen molar-refractivity contribution in [1.82, 2.24) is 0 Å². The maximum absolute atomic E-state index is 13.2. The minimum absolute atomic E-state index is 0.0909. The van der Waals surface area contributed by atoms with Crippen LogP contribution in [0.2, 0.25) is 0 Å². The van der Waals surface area contributed by atoms with Crippen LogP contribution < -0.4 is 0 Å². The molecule has 288 valence electrons. The SMILES string of the molecule is COC(=O)CCCC1(c2ccccc2)C23C4=C5C=CC6c7c5c2c2c5c7c7c6cc6c8c9c%10c%11c%12c%13c(c5c%11c87)C2=C2C5=C(C=CC7=C(C8=C%12C%10C(C=C8C7)C=C9C6)C5%13)C(C=C4)C213. The number of hydrogen-bond acceptors (Lipinski definition) is 2. The van der Waals surface area contributed by atoms with Crippen molar-refractivity contribution in [1.29, 1.82) is 0 Å². The lowest BCUT2D eigenvalue weighted by atomic mass is 9.58. The van der Waals surface area contributed by atoms with E-state index in [0.29, 0.717) is 18.3 Å². The molecule has 8 atom stereocenters. The first-order chi connectivity index (χ1) is 31.2. The van der Waals surface area contributed by atoms with Gasteiger partial charge in [0.1, 0.15) is 0 Å². The van der Waals surface area contributed by atoms with E-state index in [0.717, 1.165) is 25.7 Å². The van der Waals surface area contributed by atoms with Crippen molar-refractivity contribution in [3.8, 4) is 0 Å². The molecule has 1 saturated carbocycles. The lowest BCUT2D eigenvalue weighted by Gasteiger charge is -2.44. The number of benzene rings is 6. The Morgan fingerprint density at radius 3 is 2.56 bits per heavy atom. The van der Waals surface area contributed by atoms with Gasteiger partial charge in [-0.15, -0.1) is 0 Å². The first-order valence-electron chi connectivity index (χ1n) is 23.9. The fourth-order valence-corrected chi connectivity index (χ4v) is 20.8. The summed E-state index contributed by atoms with van der Waals surface area (Å²) in [5.74, 6) is 1.51. The summed E-state index contributed by atoms with van der Waals surface area (Å²) in [7, 11) is 1.56. The third-order valence-corrected chi connectivity index (χ3v) is 21.4. The molecule has 2 spiro atoms. The van der Waals surface area contributed by atoms with Gasteiger partial charge in [-0.25, -0.2) is 0 Å². The van der Waals surface area contributed by atoms with Gasteiger partial charge in [-0.2, -0.15) is 0 Å². The first-order valence-corrected chi connectivity index (χ1v) is 23.9. The van der Waals surface area contributed by atoms with Crippen molar-refractivity contribution in [2.75, 3.05) is 7.11 Å². The summed E-state index contributed by atoms with van der Waals surface area (Å²) in [5.41, 5.74) is 38.4. The normalized spacial score (nSPS) is 34.9. The summed E-state index contributed by atoms with van der Waals surface area (Å²) < 4.78 is 5.39. The van der Waals surface area contributed by atoms with Gasteiger partial charge >= 0.3 is 5.97 Å². The van der Waals surface area contributed by atoms with E-state index in [1.165, 1.54) is 11.1 Å². The fourth-order valence-electron chi connectivity index (χ4n) is 20.8. The molecule has 0 radical (unpaired) electrons. The van der Waals surface area contributed by atoms with Crippen LogP contribution in [0.15, 0.2) is 130 Å². The molecule has 63 heavy (non-hydrogen) atoms. The zero-order valence-corrected chi connectivity index (χ0v) is 34.3. The lowest BCUT2D eigenvalue weighted by molar-refractivity contribution is -0.140. The second kappa shape index (κ2) is 7.78. The monoisotopic (exact) mass is 796 g/mol. The van der Waals surface area contributed by atoms with Crippen LogP contribution in [0, 0.1) is 17.3 Å². The molecule has 16 aliphatic rings. The molecule has 1 fully saturated rings. The molecule has 0 saturated heterocycles. The molecule has 6 aromatic carbocycles. The van der Waals surface area contributed by atoms with E-state index >= 15 is 0 Å². The molecular weight excluding hydrogens is 765 g/mol. The van der Waals surface area contributed by atoms with Crippen molar-refractivity contribution in [2.24, 2.45) is 17.3 Å². The van der Waals surface area contributed by atoms with Crippen LogP contribution in [0.4, 0.5) is 0 Å². The summed E-state index contributed by atoms with van der Waals surface area (Å²) in [4.78, 5) is 13.2. The molecule has 0 heterocycles. The second-order valence-corrected chi connectivity index (χ2v) is 22.3. The van der Waals surface area contributed by atoms with E-state index < -0.39 is 0 Å². The van der Waals surface area contributed by atoms with Gasteiger partial charge in [0, 0.05) is 52.3 Å². The molecule has 8 unspecified atom stereocenters. The first kappa shape index (κ1) is 29.0. The van der Waals surface area contributed by atoms with Crippen molar-refractivity contribution in [2.45, 2.75) is 60.7 Å². The summed E-state index contributed by atoms with van der Waals surface area (Å²) >= 11 is 0. The zero-order chi connectivity index (χ0) is 39.6. The summed E-state index contributed by atoms with van der Waals surface area (Å²) in [6.07, 6.45) is 25.8. The summed E-state index contributed by atoms with van der Waals surface area (Å²) in [6.45, 7) is 0. The number of methoxy groups -OCH3 is 1. The quantitative estimate of drug-likeness (QED) is 0.0985. The minimum atomic E-state index is -0.242. The van der Waals surface area contributed by atoms with Crippen LogP contribution >= 0.6 is 0 Å². The van der Waals surface area contributed by atoms with Crippen LogP contribution in [-0.2, 0) is 26.8 Å². The Kier molecular flexibility index (Phi) is 3.58. The Bertz CT molecular complexity index is 4230. The van der Waals surface area contributed by atoms with Crippen molar-refractivity contribution >= 4 is 71.4 Å². The van der Waals surface area contributed by atoms with Crippen LogP contribution in [-0.4, -0.2) is 13.1 Å². The van der Waals surface area contributed by atoms with E-state index in [4.69, 9.17) is 4.74 Å². The van der Waals surface area contributed by atoms with Crippen LogP contribution in [0.3, 0.4) is 0 Å². The Labute approximate surface area is 360 Å². The molecule has 16 aliphatic carbocycles. The molecule has 2 heteroatoms. The van der Waals surface area contributed by atoms with Gasteiger partial charge < -0.3 is 4.74 Å². The van der Waals surface area contributed by atoms with Gasteiger partial charge in [0.2, 0.25) is 0 Å². The molecule has 0 aromatic heterocycles. The third kappa shape index (κ3) is 2.08. The molecule has 2 nitrogen and oxygen atoms in total. The average Bonchev–Trinajstić information content (AvgIpc) is 4.04. The molecule has 0 amide bonds. The van der Waals surface area contributed by atoms with Crippen LogP contribution in [0.25, 0.3) is 65.4 Å². The number of rotatable bonds is 5. The molecule has 22 rings (SSSR count). The maximum atomic E-state index is 13.2. The smallest absolute Gasteiger partial charge is 0.305 e. The Morgan fingerprint density at radius 1 is 0.746 bits per heavy atom. The van der Waals surface area contributed by atoms with E-state index in [1.807, 2.05) is 0 Å². The van der Waals surface area contributed by atoms with E-state index in [9.17, 15) is 4.79 Å². The topological polar surface area (TPSA) is 26.3 Å². The molecular formula is C61H32O2. The zero-order valence-electron chi connectivity index (χ0n) is 34.3. The highest BCUT2D eigenvalue weighted by Crippen LogP contribution is 2.98. The largest absolute Gasteiger partial charge is 0.469 e. The Morgan fingerprint density at radius 2 is 1.63 bits per heavy atom. The summed E-state index contributed by atoms with van der Waals surface area (Å²) in [5, 5.41) is 13.0. The van der Waals surface area contributed by atoms with Gasteiger partial charge in [-0.05, 0) is 202 Å². The van der Waals surface area contributed by atoms with Crippen molar-refractivity contribution in [3.63, 3.8) is 0 Å². The Balaban J connectivity index is 1.06. The number of ether oxygens (including phenoxy) is 1. The van der Waals surface area contributed by atoms with Gasteiger partial charge in [0.15, 0.2) is 0 Å². The van der Waals surface area contributed by atoms with Gasteiger partial charge in [0.25, 0.3) is 0 Å². The highest BCUT2D eigenvalue weighted by atomic mass is 16.5. The predicted octanol–water partition coefficient (Wildman–Crippen LogP) is 12.4. The van der Waals surface area contributed by atoms with Crippen LogP contribution in [0.1, 0.15) is 110 Å². The number of carbonyl (C=O) groups excluding carboxylic acids is 1. The lowest BCUT2D eigenvalue weighted by Crippen LogP contribution is -2.33. The number of fused-ring (bicyclic) bond motifs is 2. The van der Waals surface area contributed by atoms with Crippen molar-refractivity contribution in [3.05, 3.63) is 196 Å². The number of esters is 1. The van der Waals surface area contributed by atoms with Gasteiger partial charge in [-0.3, -0.25) is 4.79 Å². The fraction of sp³-hybridized carbons (Fsp3) is 0.230. The third-order valence-electron chi connectivity index (χ3n) is 21.4. The number of allylic oxidation sites excluding steroid dienone is 19. The van der Waals surface area contributed by atoms with E-state index in [1.54, 1.807) is 173 Å². The maximum Gasteiger partial charge on any atom is 0.305 e. The van der Waals surface area contributed by atoms with E-state index in [2.05, 4.69) is 85.0 Å². The van der Waals surface area contributed by atoms with Gasteiger partial charge in [-0.1, -0.05) is 85.0 Å². The standard InChI is InChI=1S/C61H32O2/c1-63-33(62)8-5-15-59(26-6-3-2-4-7-26)60-32-14-13-31-28-10-9-21-16-22-17-24-18-23-19-25-20-30-27-11-12-29(32)41-39(27)47-40(30)45-37(25)36(23)44-38(24)43-35(22)34(21)46-42(28)58(61(31,59)60)56-54-51(46)49(43)48(44)50(45)52(54)53(47)55(56)57(41)60/h2-4,6-7,9-14,17-18,20,24,27,31,38,46H,5,8,15-16,19H2,1H3. The highest BCUT2D eigenvalue weighted by Gasteiger charge is 2.96. The summed E-state index contributed by atoms with van der Waals surface area (Å²) in [6, 6.07) is 14.5. The minimum Gasteiger partial charge on any atom is -0.469 e. The van der Waals surface area contributed by atoms with Crippen molar-refractivity contribution < 1.29 is 9.53 Å². The molecule has 0 bridgehead atoms.